The van der Waals surface area contributed by atoms with Crippen LogP contribution in [0.3, 0.4) is 0 Å². The number of hydrogen-bond donors (Lipinski definition) is 3. The van der Waals surface area contributed by atoms with Crippen LogP contribution < -0.4 is 16.2 Å². The number of benzene rings is 2. The molecule has 0 unspecified atom stereocenters. The summed E-state index contributed by atoms with van der Waals surface area (Å²) in [6.45, 7) is 0. The third-order valence-corrected chi connectivity index (χ3v) is 4.67. The van der Waals surface area contributed by atoms with Gasteiger partial charge >= 0.3 is 5.69 Å². The fourth-order valence-corrected chi connectivity index (χ4v) is 2.82. The van der Waals surface area contributed by atoms with Gasteiger partial charge in [0.05, 0.1) is 25.6 Å². The lowest BCUT2D eigenvalue weighted by atomic mass is 10.2. The molecule has 0 saturated carbocycles. The van der Waals surface area contributed by atoms with Gasteiger partial charge in [-0.1, -0.05) is 41.4 Å². The average Bonchev–Trinajstić information content (AvgIpc) is 2.75. The van der Waals surface area contributed by atoms with Gasteiger partial charge < -0.3 is 5.32 Å². The molecule has 0 atom stereocenters. The molecule has 3 aromatic rings. The van der Waals surface area contributed by atoms with Crippen molar-refractivity contribution in [3.63, 3.8) is 0 Å². The van der Waals surface area contributed by atoms with Crippen LogP contribution in [-0.2, 0) is 0 Å². The van der Waals surface area contributed by atoms with Crippen molar-refractivity contribution in [3.05, 3.63) is 84.6 Å². The smallest absolute Gasteiger partial charge is 0.333 e. The molecular formula is C17H11Cl2N7O5. The van der Waals surface area contributed by atoms with E-state index in [1.54, 1.807) is 6.07 Å². The summed E-state index contributed by atoms with van der Waals surface area (Å²) in [4.78, 5) is 41.1. The zero-order valence-electron chi connectivity index (χ0n) is 15.2. The Morgan fingerprint density at radius 2 is 1.65 bits per heavy atom. The Morgan fingerprint density at radius 3 is 2.35 bits per heavy atom. The normalized spacial score (nSPS) is 10.3. The molecule has 0 radical (unpaired) electrons. The van der Waals surface area contributed by atoms with Crippen molar-refractivity contribution < 1.29 is 14.6 Å². The third kappa shape index (κ3) is 4.76. The molecule has 0 aliphatic carbocycles. The van der Waals surface area contributed by atoms with Crippen molar-refractivity contribution in [3.8, 4) is 0 Å². The highest BCUT2D eigenvalue weighted by molar-refractivity contribution is 6.43. The van der Waals surface area contributed by atoms with E-state index in [1.807, 2.05) is 0 Å². The second kappa shape index (κ2) is 9.19. The first-order valence-electron chi connectivity index (χ1n) is 8.29. The van der Waals surface area contributed by atoms with E-state index in [1.165, 1.54) is 30.3 Å². The molecule has 0 saturated heterocycles. The van der Waals surface area contributed by atoms with E-state index in [9.17, 15) is 25.0 Å². The number of nitro groups is 2. The van der Waals surface area contributed by atoms with E-state index in [2.05, 4.69) is 26.1 Å². The fraction of sp³-hybridized carbons (Fsp3) is 0. The number of amides is 1. The van der Waals surface area contributed by atoms with Crippen LogP contribution in [0.2, 0.25) is 10.0 Å². The standard InChI is InChI=1S/C17H11Cl2N7O5/c18-10-5-3-6-11(13(10)19)22-15-14(26(30)31)16(21-8-20-15)23-24-17(27)9-4-1-2-7-12(9)25(28)29/h1-8H,(H,24,27)(H2,20,21,22,23). The van der Waals surface area contributed by atoms with Crippen LogP contribution >= 0.6 is 23.2 Å². The van der Waals surface area contributed by atoms with Crippen molar-refractivity contribution >= 4 is 57.8 Å². The summed E-state index contributed by atoms with van der Waals surface area (Å²) in [6, 6.07) is 9.87. The quantitative estimate of drug-likeness (QED) is 0.345. The van der Waals surface area contributed by atoms with Gasteiger partial charge in [-0.15, -0.1) is 0 Å². The first kappa shape index (κ1) is 21.7. The van der Waals surface area contributed by atoms with E-state index < -0.39 is 27.1 Å². The van der Waals surface area contributed by atoms with Gasteiger partial charge in [0, 0.05) is 6.07 Å². The van der Waals surface area contributed by atoms with Crippen LogP contribution in [0, 0.1) is 20.2 Å². The minimum atomic E-state index is -0.896. The highest BCUT2D eigenvalue weighted by Gasteiger charge is 2.25. The van der Waals surface area contributed by atoms with Crippen molar-refractivity contribution in [2.45, 2.75) is 0 Å². The number of hydrogen-bond acceptors (Lipinski definition) is 9. The van der Waals surface area contributed by atoms with Crippen molar-refractivity contribution in [2.75, 3.05) is 10.7 Å². The van der Waals surface area contributed by atoms with Crippen molar-refractivity contribution in [2.24, 2.45) is 0 Å². The van der Waals surface area contributed by atoms with Gasteiger partial charge in [0.2, 0.25) is 11.6 Å². The van der Waals surface area contributed by atoms with E-state index in [4.69, 9.17) is 23.2 Å². The van der Waals surface area contributed by atoms with E-state index in [0.717, 1.165) is 12.4 Å². The second-order valence-electron chi connectivity index (χ2n) is 5.76. The molecule has 31 heavy (non-hydrogen) atoms. The van der Waals surface area contributed by atoms with Gasteiger partial charge in [-0.2, -0.15) is 0 Å². The summed E-state index contributed by atoms with van der Waals surface area (Å²) in [6.07, 6.45) is 1.01. The molecule has 12 nitrogen and oxygen atoms in total. The lowest BCUT2D eigenvalue weighted by molar-refractivity contribution is -0.385. The Morgan fingerprint density at radius 1 is 0.935 bits per heavy atom. The lowest BCUT2D eigenvalue weighted by Gasteiger charge is -2.12. The van der Waals surface area contributed by atoms with Gasteiger partial charge in [-0.25, -0.2) is 9.97 Å². The number of halogens is 2. The summed E-state index contributed by atoms with van der Waals surface area (Å²) in [5.41, 5.74) is 3.41. The highest BCUT2D eigenvalue weighted by Crippen LogP contribution is 2.35. The Labute approximate surface area is 183 Å². The molecule has 1 aromatic heterocycles. The summed E-state index contributed by atoms with van der Waals surface area (Å²) < 4.78 is 0. The predicted molar refractivity (Wildman–Crippen MR) is 113 cm³/mol. The molecule has 0 aliphatic rings. The van der Waals surface area contributed by atoms with Gasteiger partial charge in [-0.3, -0.25) is 35.9 Å². The number of aromatic nitrogens is 2. The van der Waals surface area contributed by atoms with Gasteiger partial charge in [0.25, 0.3) is 11.6 Å². The number of carbonyl (C=O) groups is 1. The predicted octanol–water partition coefficient (Wildman–Crippen LogP) is 4.10. The Hall–Kier alpha value is -4.03. The lowest BCUT2D eigenvalue weighted by Crippen LogP contribution is -2.30. The SMILES string of the molecule is O=C(NNc1ncnc(Nc2cccc(Cl)c2Cl)c1[N+](=O)[O-])c1ccccc1[N+](=O)[O-]. The number of nitrogens with zero attached hydrogens (tertiary/aromatic N) is 4. The van der Waals surface area contributed by atoms with Crippen LogP contribution in [0.25, 0.3) is 0 Å². The molecule has 0 fully saturated rings. The molecule has 14 heteroatoms. The summed E-state index contributed by atoms with van der Waals surface area (Å²) in [5.74, 6) is -1.49. The Balaban J connectivity index is 1.88. The molecule has 2 aromatic carbocycles. The number of para-hydroxylation sites is 1. The highest BCUT2D eigenvalue weighted by atomic mass is 35.5. The summed E-state index contributed by atoms with van der Waals surface area (Å²) in [7, 11) is 0. The second-order valence-corrected chi connectivity index (χ2v) is 6.54. The largest absolute Gasteiger partial charge is 0.355 e. The Bertz CT molecular complexity index is 1190. The molecule has 3 N–H and O–H groups in total. The van der Waals surface area contributed by atoms with Crippen LogP contribution in [0.5, 0.6) is 0 Å². The Kier molecular flexibility index (Phi) is 6.43. The molecule has 1 amide bonds. The number of nitro benzene ring substituents is 1. The zero-order valence-corrected chi connectivity index (χ0v) is 16.7. The maximum absolute atomic E-state index is 12.3. The van der Waals surface area contributed by atoms with Gasteiger partial charge in [0.15, 0.2) is 0 Å². The molecule has 158 valence electrons. The van der Waals surface area contributed by atoms with Gasteiger partial charge in [0.1, 0.15) is 11.9 Å². The number of anilines is 3. The number of carbonyl (C=O) groups excluding carboxylic acids is 1. The first-order chi connectivity index (χ1) is 14.8. The zero-order chi connectivity index (χ0) is 22.5. The molecular weight excluding hydrogens is 453 g/mol. The number of rotatable bonds is 7. The maximum atomic E-state index is 12.3. The number of nitrogens with one attached hydrogen (secondary N) is 3. The summed E-state index contributed by atoms with van der Waals surface area (Å²) in [5, 5.41) is 25.7. The van der Waals surface area contributed by atoms with E-state index in [-0.39, 0.29) is 32.9 Å². The minimum Gasteiger partial charge on any atom is -0.333 e. The minimum absolute atomic E-state index is 0.122. The van der Waals surface area contributed by atoms with Crippen molar-refractivity contribution in [1.29, 1.82) is 0 Å². The molecule has 0 spiro atoms. The van der Waals surface area contributed by atoms with Crippen LogP contribution in [0.1, 0.15) is 10.4 Å². The fourth-order valence-electron chi connectivity index (χ4n) is 2.47. The number of hydrazine groups is 1. The third-order valence-electron chi connectivity index (χ3n) is 3.85. The maximum Gasteiger partial charge on any atom is 0.355 e. The monoisotopic (exact) mass is 463 g/mol. The molecule has 0 bridgehead atoms. The van der Waals surface area contributed by atoms with Crippen molar-refractivity contribution in [1.82, 2.24) is 15.4 Å². The molecule has 0 aliphatic heterocycles. The summed E-state index contributed by atoms with van der Waals surface area (Å²) >= 11 is 12.0. The van der Waals surface area contributed by atoms with E-state index >= 15 is 0 Å². The average molecular weight is 464 g/mol. The van der Waals surface area contributed by atoms with Gasteiger partial charge in [-0.05, 0) is 18.2 Å². The van der Waals surface area contributed by atoms with Crippen LogP contribution in [-0.4, -0.2) is 25.7 Å². The molecule has 3 rings (SSSR count). The van der Waals surface area contributed by atoms with Crippen LogP contribution in [0.15, 0.2) is 48.8 Å². The molecule has 1 heterocycles. The van der Waals surface area contributed by atoms with Crippen LogP contribution in [0.4, 0.5) is 28.7 Å². The first-order valence-corrected chi connectivity index (χ1v) is 9.05. The van der Waals surface area contributed by atoms with E-state index in [0.29, 0.717) is 0 Å². The topological polar surface area (TPSA) is 165 Å².